The van der Waals surface area contributed by atoms with Gasteiger partial charge in [0.1, 0.15) is 0 Å². The van der Waals surface area contributed by atoms with E-state index in [0.29, 0.717) is 0 Å². The predicted octanol–water partition coefficient (Wildman–Crippen LogP) is -0.671. The number of hydrogen-bond acceptors (Lipinski definition) is 4. The van der Waals surface area contributed by atoms with Crippen LogP contribution in [0.5, 0.6) is 0 Å². The highest BCUT2D eigenvalue weighted by Gasteiger charge is 2.46. The summed E-state index contributed by atoms with van der Waals surface area (Å²) in [7, 11) is 0. The SMILES string of the molecule is CC(C)c1ccc(C(O)(C(N)=O)C(O)C(N)=O)cc1. The Morgan fingerprint density at radius 1 is 1.16 bits per heavy atom. The van der Waals surface area contributed by atoms with Crippen LogP contribution in [0.4, 0.5) is 0 Å². The average molecular weight is 266 g/mol. The first-order chi connectivity index (χ1) is 8.71. The van der Waals surface area contributed by atoms with Gasteiger partial charge in [-0.3, -0.25) is 9.59 Å². The Hall–Kier alpha value is -1.92. The van der Waals surface area contributed by atoms with Gasteiger partial charge in [0.05, 0.1) is 0 Å². The normalized spacial score (nSPS) is 15.8. The van der Waals surface area contributed by atoms with Crippen molar-refractivity contribution in [3.63, 3.8) is 0 Å². The molecule has 0 saturated heterocycles. The highest BCUT2D eigenvalue weighted by atomic mass is 16.4. The van der Waals surface area contributed by atoms with E-state index in [2.05, 4.69) is 0 Å². The lowest BCUT2D eigenvalue weighted by Crippen LogP contribution is -2.55. The smallest absolute Gasteiger partial charge is 0.257 e. The van der Waals surface area contributed by atoms with Crippen LogP contribution in [0.25, 0.3) is 0 Å². The molecule has 0 spiro atoms. The first kappa shape index (κ1) is 15.1. The van der Waals surface area contributed by atoms with Crippen molar-refractivity contribution in [3.8, 4) is 0 Å². The monoisotopic (exact) mass is 266 g/mol. The molecule has 6 nitrogen and oxygen atoms in total. The van der Waals surface area contributed by atoms with Crippen LogP contribution in [0.2, 0.25) is 0 Å². The molecule has 19 heavy (non-hydrogen) atoms. The number of carbonyl (C=O) groups is 2. The predicted molar refractivity (Wildman–Crippen MR) is 68.8 cm³/mol. The molecule has 104 valence electrons. The highest BCUT2D eigenvalue weighted by molar-refractivity contribution is 5.93. The molecular formula is C13H18N2O4. The molecule has 2 atom stereocenters. The van der Waals surface area contributed by atoms with Crippen LogP contribution in [-0.4, -0.2) is 28.1 Å². The molecule has 2 amide bonds. The van der Waals surface area contributed by atoms with Crippen LogP contribution in [0.3, 0.4) is 0 Å². The van der Waals surface area contributed by atoms with Gasteiger partial charge < -0.3 is 21.7 Å². The number of amides is 2. The fourth-order valence-corrected chi connectivity index (χ4v) is 1.76. The third kappa shape index (κ3) is 2.74. The van der Waals surface area contributed by atoms with Gasteiger partial charge in [-0.25, -0.2) is 0 Å². The van der Waals surface area contributed by atoms with Gasteiger partial charge in [0, 0.05) is 0 Å². The molecule has 2 unspecified atom stereocenters. The molecule has 6 N–H and O–H groups in total. The number of benzene rings is 1. The number of nitrogens with two attached hydrogens (primary N) is 2. The quantitative estimate of drug-likeness (QED) is 0.563. The molecule has 0 aromatic heterocycles. The van der Waals surface area contributed by atoms with E-state index in [1.807, 2.05) is 13.8 Å². The van der Waals surface area contributed by atoms with Crippen LogP contribution in [0, 0.1) is 0 Å². The highest BCUT2D eigenvalue weighted by Crippen LogP contribution is 2.27. The minimum Gasteiger partial charge on any atom is -0.379 e. The maximum absolute atomic E-state index is 11.4. The van der Waals surface area contributed by atoms with Crippen molar-refractivity contribution in [3.05, 3.63) is 35.4 Å². The zero-order valence-corrected chi connectivity index (χ0v) is 10.8. The van der Waals surface area contributed by atoms with E-state index in [1.165, 1.54) is 12.1 Å². The van der Waals surface area contributed by atoms with Crippen LogP contribution < -0.4 is 11.5 Å². The molecule has 0 aliphatic rings. The topological polar surface area (TPSA) is 127 Å². The summed E-state index contributed by atoms with van der Waals surface area (Å²) in [4.78, 5) is 22.4. The summed E-state index contributed by atoms with van der Waals surface area (Å²) < 4.78 is 0. The fourth-order valence-electron chi connectivity index (χ4n) is 1.76. The second-order valence-electron chi connectivity index (χ2n) is 4.71. The van der Waals surface area contributed by atoms with E-state index in [9.17, 15) is 19.8 Å². The summed E-state index contributed by atoms with van der Waals surface area (Å²) in [5, 5.41) is 19.8. The molecule has 0 aliphatic carbocycles. The van der Waals surface area contributed by atoms with Crippen LogP contribution >= 0.6 is 0 Å². The van der Waals surface area contributed by atoms with Crippen LogP contribution in [-0.2, 0) is 15.2 Å². The number of carbonyl (C=O) groups excluding carboxylic acids is 2. The van der Waals surface area contributed by atoms with Crippen molar-refractivity contribution in [2.45, 2.75) is 31.5 Å². The fraction of sp³-hybridized carbons (Fsp3) is 0.385. The number of aliphatic hydroxyl groups is 2. The van der Waals surface area contributed by atoms with Crippen LogP contribution in [0.1, 0.15) is 30.9 Å². The molecule has 0 bridgehead atoms. The molecule has 0 aliphatic heterocycles. The number of rotatable bonds is 5. The Balaban J connectivity index is 3.27. The van der Waals surface area contributed by atoms with E-state index in [4.69, 9.17) is 11.5 Å². The van der Waals surface area contributed by atoms with E-state index in [1.54, 1.807) is 12.1 Å². The largest absolute Gasteiger partial charge is 0.379 e. The average Bonchev–Trinajstić information content (AvgIpc) is 2.36. The van der Waals surface area contributed by atoms with Gasteiger partial charge in [0.2, 0.25) is 11.5 Å². The second-order valence-corrected chi connectivity index (χ2v) is 4.71. The van der Waals surface area contributed by atoms with E-state index in [-0.39, 0.29) is 11.5 Å². The summed E-state index contributed by atoms with van der Waals surface area (Å²) in [6.07, 6.45) is -2.10. The summed E-state index contributed by atoms with van der Waals surface area (Å²) in [6.45, 7) is 3.96. The van der Waals surface area contributed by atoms with E-state index < -0.39 is 23.5 Å². The molecule has 0 radical (unpaired) electrons. The molecule has 1 aromatic rings. The maximum atomic E-state index is 11.4. The van der Waals surface area contributed by atoms with Gasteiger partial charge in [-0.2, -0.15) is 0 Å². The minimum absolute atomic E-state index is 0.0238. The van der Waals surface area contributed by atoms with Gasteiger partial charge in [0.15, 0.2) is 6.10 Å². The molecule has 1 aromatic carbocycles. The summed E-state index contributed by atoms with van der Waals surface area (Å²) >= 11 is 0. The molecule has 6 heteroatoms. The Kier molecular flexibility index (Phi) is 4.28. The van der Waals surface area contributed by atoms with Gasteiger partial charge in [-0.15, -0.1) is 0 Å². The number of aliphatic hydroxyl groups excluding tert-OH is 1. The Morgan fingerprint density at radius 3 is 1.95 bits per heavy atom. The summed E-state index contributed by atoms with van der Waals surface area (Å²) in [5.74, 6) is -2.21. The summed E-state index contributed by atoms with van der Waals surface area (Å²) in [6, 6.07) is 6.24. The lowest BCUT2D eigenvalue weighted by Gasteiger charge is -2.28. The van der Waals surface area contributed by atoms with Crippen molar-refractivity contribution < 1.29 is 19.8 Å². The lowest BCUT2D eigenvalue weighted by molar-refractivity contribution is -0.160. The summed E-state index contributed by atoms with van der Waals surface area (Å²) in [5.41, 5.74) is 8.47. The van der Waals surface area contributed by atoms with E-state index in [0.717, 1.165) is 5.56 Å². The Labute approximate surface area is 111 Å². The van der Waals surface area contributed by atoms with Crippen molar-refractivity contribution in [1.82, 2.24) is 0 Å². The zero-order chi connectivity index (χ0) is 14.8. The van der Waals surface area contributed by atoms with Crippen molar-refractivity contribution in [2.24, 2.45) is 11.5 Å². The third-order valence-corrected chi connectivity index (χ3v) is 3.06. The van der Waals surface area contributed by atoms with Gasteiger partial charge in [-0.05, 0) is 17.0 Å². The third-order valence-electron chi connectivity index (χ3n) is 3.06. The molecular weight excluding hydrogens is 248 g/mol. The lowest BCUT2D eigenvalue weighted by atomic mass is 9.86. The van der Waals surface area contributed by atoms with Gasteiger partial charge in [-0.1, -0.05) is 38.1 Å². The maximum Gasteiger partial charge on any atom is 0.257 e. The second kappa shape index (κ2) is 5.38. The van der Waals surface area contributed by atoms with Crippen LogP contribution in [0.15, 0.2) is 24.3 Å². The van der Waals surface area contributed by atoms with Gasteiger partial charge in [0.25, 0.3) is 5.91 Å². The minimum atomic E-state index is -2.53. The van der Waals surface area contributed by atoms with Crippen molar-refractivity contribution >= 4 is 11.8 Å². The standard InChI is InChI=1S/C13H18N2O4/c1-7(2)8-3-5-9(6-4-8)13(19,12(15)18)10(16)11(14)17/h3-7,10,16,19H,1-2H3,(H2,14,17)(H2,15,18). The molecule has 0 fully saturated rings. The molecule has 0 saturated carbocycles. The van der Waals surface area contributed by atoms with Crippen molar-refractivity contribution in [2.75, 3.05) is 0 Å². The zero-order valence-electron chi connectivity index (χ0n) is 10.8. The Bertz CT molecular complexity index is 484. The molecule has 0 heterocycles. The number of hydrogen-bond donors (Lipinski definition) is 4. The van der Waals surface area contributed by atoms with E-state index >= 15 is 0 Å². The van der Waals surface area contributed by atoms with Crippen molar-refractivity contribution in [1.29, 1.82) is 0 Å². The first-order valence-corrected chi connectivity index (χ1v) is 5.81. The van der Waals surface area contributed by atoms with Gasteiger partial charge >= 0.3 is 0 Å². The first-order valence-electron chi connectivity index (χ1n) is 5.81. The Morgan fingerprint density at radius 2 is 1.63 bits per heavy atom. The molecule has 1 rings (SSSR count). The number of primary amides is 2.